The highest BCUT2D eigenvalue weighted by atomic mass is 79.9. The maximum atomic E-state index is 11.1. The van der Waals surface area contributed by atoms with Gasteiger partial charge in [-0.05, 0) is 30.2 Å². The molecule has 0 heterocycles. The fourth-order valence-corrected chi connectivity index (χ4v) is 2.59. The minimum atomic E-state index is -0.554. The van der Waals surface area contributed by atoms with Crippen molar-refractivity contribution in [2.75, 3.05) is 0 Å². The van der Waals surface area contributed by atoms with E-state index in [1.54, 1.807) is 0 Å². The molecule has 76 valence electrons. The van der Waals surface area contributed by atoms with E-state index in [1.165, 1.54) is 0 Å². The molecule has 1 aromatic rings. The van der Waals surface area contributed by atoms with Crippen LogP contribution in [0.1, 0.15) is 24.0 Å². The van der Waals surface area contributed by atoms with E-state index < -0.39 is 5.41 Å². The number of aryl methyl sites for hydroxylation is 1. The summed E-state index contributed by atoms with van der Waals surface area (Å²) in [4.78, 5) is 11.1. The van der Waals surface area contributed by atoms with E-state index in [9.17, 15) is 10.1 Å². The number of nitriles is 1. The molecule has 0 aliphatic heterocycles. The Morgan fingerprint density at radius 3 is 2.60 bits per heavy atom. The van der Waals surface area contributed by atoms with Crippen LogP contribution in [0, 0.1) is 18.3 Å². The van der Waals surface area contributed by atoms with Gasteiger partial charge in [-0.1, -0.05) is 22.0 Å². The van der Waals surface area contributed by atoms with Crippen molar-refractivity contribution < 1.29 is 4.79 Å². The number of nitrogens with zero attached hydrogens (tertiary/aromatic N) is 1. The van der Waals surface area contributed by atoms with E-state index in [1.807, 2.05) is 25.1 Å². The molecule has 0 unspecified atom stereocenters. The zero-order chi connectivity index (χ0) is 11.1. The SMILES string of the molecule is Cc1cc(Br)ccc1C1(C#N)CC(=O)C1. The number of rotatable bonds is 1. The predicted octanol–water partition coefficient (Wildman–Crippen LogP) is 2.88. The number of carbonyl (C=O) groups excluding carboxylic acids is 1. The van der Waals surface area contributed by atoms with Gasteiger partial charge in [0, 0.05) is 17.3 Å². The Morgan fingerprint density at radius 1 is 1.47 bits per heavy atom. The van der Waals surface area contributed by atoms with Gasteiger partial charge in [-0.3, -0.25) is 4.79 Å². The van der Waals surface area contributed by atoms with Crippen molar-refractivity contribution in [1.82, 2.24) is 0 Å². The third-order valence-corrected chi connectivity index (χ3v) is 3.41. The molecule has 1 saturated carbocycles. The summed E-state index contributed by atoms with van der Waals surface area (Å²) < 4.78 is 1.00. The fourth-order valence-electron chi connectivity index (χ4n) is 2.12. The lowest BCUT2D eigenvalue weighted by Crippen LogP contribution is -2.40. The van der Waals surface area contributed by atoms with Crippen molar-refractivity contribution in [3.8, 4) is 6.07 Å². The molecule has 0 N–H and O–H groups in total. The fraction of sp³-hybridized carbons (Fsp3) is 0.333. The summed E-state index contributed by atoms with van der Waals surface area (Å²) >= 11 is 3.39. The lowest BCUT2D eigenvalue weighted by Gasteiger charge is -2.35. The first kappa shape index (κ1) is 10.4. The number of hydrogen-bond acceptors (Lipinski definition) is 2. The molecule has 0 atom stereocenters. The second kappa shape index (κ2) is 3.46. The average Bonchev–Trinajstić information content (AvgIpc) is 2.13. The lowest BCUT2D eigenvalue weighted by molar-refractivity contribution is -0.126. The van der Waals surface area contributed by atoms with E-state index >= 15 is 0 Å². The molecule has 0 saturated heterocycles. The number of carbonyl (C=O) groups is 1. The molecular formula is C12H10BrNO. The first-order valence-electron chi connectivity index (χ1n) is 4.77. The lowest BCUT2D eigenvalue weighted by atomic mass is 9.64. The zero-order valence-electron chi connectivity index (χ0n) is 8.38. The van der Waals surface area contributed by atoms with E-state index in [4.69, 9.17) is 0 Å². The Labute approximate surface area is 97.0 Å². The van der Waals surface area contributed by atoms with Crippen LogP contribution in [0.25, 0.3) is 0 Å². The molecule has 0 bridgehead atoms. The van der Waals surface area contributed by atoms with Crippen LogP contribution >= 0.6 is 15.9 Å². The van der Waals surface area contributed by atoms with Crippen molar-refractivity contribution in [2.24, 2.45) is 0 Å². The number of benzene rings is 1. The highest BCUT2D eigenvalue weighted by molar-refractivity contribution is 9.10. The molecule has 15 heavy (non-hydrogen) atoms. The van der Waals surface area contributed by atoms with Crippen LogP contribution in [0.3, 0.4) is 0 Å². The molecule has 1 fully saturated rings. The maximum Gasteiger partial charge on any atom is 0.136 e. The highest BCUT2D eigenvalue weighted by Gasteiger charge is 2.46. The van der Waals surface area contributed by atoms with Gasteiger partial charge in [0.1, 0.15) is 5.78 Å². The normalized spacial score (nSPS) is 18.1. The largest absolute Gasteiger partial charge is 0.300 e. The van der Waals surface area contributed by atoms with Crippen molar-refractivity contribution in [1.29, 1.82) is 5.26 Å². The topological polar surface area (TPSA) is 40.9 Å². The van der Waals surface area contributed by atoms with Crippen LogP contribution in [0.5, 0.6) is 0 Å². The summed E-state index contributed by atoms with van der Waals surface area (Å²) in [6.45, 7) is 1.97. The second-order valence-corrected chi connectivity index (χ2v) is 4.96. The van der Waals surface area contributed by atoms with Gasteiger partial charge in [0.15, 0.2) is 0 Å². The maximum absolute atomic E-state index is 11.1. The first-order valence-corrected chi connectivity index (χ1v) is 5.56. The molecule has 1 aliphatic carbocycles. The van der Waals surface area contributed by atoms with Gasteiger partial charge >= 0.3 is 0 Å². The molecule has 1 aliphatic rings. The van der Waals surface area contributed by atoms with E-state index in [-0.39, 0.29) is 5.78 Å². The van der Waals surface area contributed by atoms with E-state index in [0.29, 0.717) is 12.8 Å². The van der Waals surface area contributed by atoms with Gasteiger partial charge < -0.3 is 0 Å². The van der Waals surface area contributed by atoms with Crippen LogP contribution < -0.4 is 0 Å². The quantitative estimate of drug-likeness (QED) is 0.782. The third-order valence-electron chi connectivity index (χ3n) is 2.92. The van der Waals surface area contributed by atoms with Crippen molar-refractivity contribution >= 4 is 21.7 Å². The average molecular weight is 264 g/mol. The summed E-state index contributed by atoms with van der Waals surface area (Å²) in [7, 11) is 0. The van der Waals surface area contributed by atoms with Gasteiger partial charge in [-0.15, -0.1) is 0 Å². The summed E-state index contributed by atoms with van der Waals surface area (Å²) in [5.41, 5.74) is 1.51. The molecule has 0 aromatic heterocycles. The van der Waals surface area contributed by atoms with Gasteiger partial charge in [-0.2, -0.15) is 5.26 Å². The van der Waals surface area contributed by atoms with Crippen LogP contribution in [-0.4, -0.2) is 5.78 Å². The Hall–Kier alpha value is -1.14. The standard InChI is InChI=1S/C12H10BrNO/c1-8-4-9(13)2-3-11(8)12(7-14)5-10(15)6-12/h2-4H,5-6H2,1H3. The van der Waals surface area contributed by atoms with Crippen molar-refractivity contribution in [2.45, 2.75) is 25.2 Å². The summed E-state index contributed by atoms with van der Waals surface area (Å²) in [6.07, 6.45) is 0.734. The Morgan fingerprint density at radius 2 is 2.13 bits per heavy atom. The second-order valence-electron chi connectivity index (χ2n) is 4.05. The summed E-state index contributed by atoms with van der Waals surface area (Å²) in [6, 6.07) is 8.13. The number of hydrogen-bond donors (Lipinski definition) is 0. The predicted molar refractivity (Wildman–Crippen MR) is 60.4 cm³/mol. The van der Waals surface area contributed by atoms with Crippen LogP contribution in [0.4, 0.5) is 0 Å². The van der Waals surface area contributed by atoms with Crippen molar-refractivity contribution in [3.05, 3.63) is 33.8 Å². The molecule has 0 amide bonds. The smallest absolute Gasteiger partial charge is 0.136 e. The van der Waals surface area contributed by atoms with E-state index in [0.717, 1.165) is 15.6 Å². The van der Waals surface area contributed by atoms with Gasteiger partial charge in [-0.25, -0.2) is 0 Å². The molecule has 0 radical (unpaired) electrons. The zero-order valence-corrected chi connectivity index (χ0v) is 9.97. The number of halogens is 1. The molecule has 1 aromatic carbocycles. The Bertz CT molecular complexity index is 465. The van der Waals surface area contributed by atoms with Gasteiger partial charge in [0.25, 0.3) is 0 Å². The minimum Gasteiger partial charge on any atom is -0.300 e. The third kappa shape index (κ3) is 1.59. The number of ketones is 1. The first-order chi connectivity index (χ1) is 7.07. The Kier molecular flexibility index (Phi) is 2.40. The summed E-state index contributed by atoms with van der Waals surface area (Å²) in [5, 5.41) is 9.19. The Balaban J connectivity index is 2.46. The highest BCUT2D eigenvalue weighted by Crippen LogP contribution is 2.42. The monoisotopic (exact) mass is 263 g/mol. The van der Waals surface area contributed by atoms with E-state index in [2.05, 4.69) is 22.0 Å². The number of Topliss-reactive ketones (excluding diaryl/α,β-unsaturated/α-hetero) is 1. The van der Waals surface area contributed by atoms with Gasteiger partial charge in [0.05, 0.1) is 11.5 Å². The van der Waals surface area contributed by atoms with Crippen LogP contribution in [0.15, 0.2) is 22.7 Å². The molecular weight excluding hydrogens is 254 g/mol. The summed E-state index contributed by atoms with van der Waals surface area (Å²) in [5.74, 6) is 0.180. The van der Waals surface area contributed by atoms with Gasteiger partial charge in [0.2, 0.25) is 0 Å². The minimum absolute atomic E-state index is 0.180. The van der Waals surface area contributed by atoms with Crippen LogP contribution in [-0.2, 0) is 10.2 Å². The molecule has 2 nitrogen and oxygen atoms in total. The molecule has 2 rings (SSSR count). The molecule has 0 spiro atoms. The van der Waals surface area contributed by atoms with Crippen molar-refractivity contribution in [3.63, 3.8) is 0 Å². The molecule has 3 heteroatoms. The van der Waals surface area contributed by atoms with Crippen LogP contribution in [0.2, 0.25) is 0 Å².